The largest absolute Gasteiger partial charge is 0.497 e. The van der Waals surface area contributed by atoms with E-state index in [9.17, 15) is 18.5 Å². The molecule has 3 rings (SSSR count). The summed E-state index contributed by atoms with van der Waals surface area (Å²) < 4.78 is 29.8. The van der Waals surface area contributed by atoms with Crippen molar-refractivity contribution in [3.63, 3.8) is 0 Å². The Morgan fingerprint density at radius 3 is 2.50 bits per heavy atom. The average molecular weight is 399 g/mol. The summed E-state index contributed by atoms with van der Waals surface area (Å²) in [6.07, 6.45) is 1.36. The Labute approximate surface area is 161 Å². The van der Waals surface area contributed by atoms with Crippen LogP contribution in [0.5, 0.6) is 5.75 Å². The highest BCUT2D eigenvalue weighted by molar-refractivity contribution is 7.89. The summed E-state index contributed by atoms with van der Waals surface area (Å²) in [5.41, 5.74) is 0.798. The van der Waals surface area contributed by atoms with Gasteiger partial charge in [-0.3, -0.25) is 10.1 Å². The minimum absolute atomic E-state index is 0.229. The molecule has 0 aromatic heterocycles. The Morgan fingerprint density at radius 2 is 1.79 bits per heavy atom. The maximum absolute atomic E-state index is 12.3. The van der Waals surface area contributed by atoms with E-state index in [1.807, 2.05) is 30.3 Å². The van der Waals surface area contributed by atoms with Gasteiger partial charge in [0.25, 0.3) is 15.7 Å². The SMILES string of the molecule is COc1ccc2cc(/C=N\NS(=O)(=O)c3ccc(C)c([N+](=O)[O-])c3)ccc2c1. The van der Waals surface area contributed by atoms with Crippen LogP contribution in [0.2, 0.25) is 0 Å². The lowest BCUT2D eigenvalue weighted by atomic mass is 10.1. The summed E-state index contributed by atoms with van der Waals surface area (Å²) in [5.74, 6) is 0.744. The number of hydrogen-bond acceptors (Lipinski definition) is 6. The number of nitro benzene ring substituents is 1. The first-order valence-electron chi connectivity index (χ1n) is 8.18. The molecule has 0 unspecified atom stereocenters. The summed E-state index contributed by atoms with van der Waals surface area (Å²) in [4.78, 5) is 12.2. The topological polar surface area (TPSA) is 111 Å². The Hall–Kier alpha value is -3.46. The van der Waals surface area contributed by atoms with Gasteiger partial charge in [0.05, 0.1) is 23.1 Å². The molecule has 28 heavy (non-hydrogen) atoms. The van der Waals surface area contributed by atoms with E-state index >= 15 is 0 Å². The van der Waals surface area contributed by atoms with Gasteiger partial charge in [-0.05, 0) is 47.5 Å². The summed E-state index contributed by atoms with van der Waals surface area (Å²) >= 11 is 0. The van der Waals surface area contributed by atoms with Crippen LogP contribution in [0.1, 0.15) is 11.1 Å². The molecule has 0 amide bonds. The lowest BCUT2D eigenvalue weighted by molar-refractivity contribution is -0.385. The minimum Gasteiger partial charge on any atom is -0.497 e. The number of rotatable bonds is 6. The van der Waals surface area contributed by atoms with E-state index in [-0.39, 0.29) is 10.6 Å². The molecule has 0 atom stereocenters. The third-order valence-corrected chi connectivity index (χ3v) is 5.37. The van der Waals surface area contributed by atoms with Crippen molar-refractivity contribution in [1.29, 1.82) is 0 Å². The number of hydrogen-bond donors (Lipinski definition) is 1. The Balaban J connectivity index is 1.80. The fraction of sp³-hybridized carbons (Fsp3) is 0.105. The number of aryl methyl sites for hydroxylation is 1. The van der Waals surface area contributed by atoms with Gasteiger partial charge >= 0.3 is 0 Å². The highest BCUT2D eigenvalue weighted by Gasteiger charge is 2.19. The number of nitro groups is 1. The molecule has 0 aliphatic carbocycles. The summed E-state index contributed by atoms with van der Waals surface area (Å²) in [6, 6.07) is 14.8. The van der Waals surface area contributed by atoms with Crippen LogP contribution in [0.3, 0.4) is 0 Å². The number of nitrogens with zero attached hydrogens (tertiary/aromatic N) is 2. The predicted molar refractivity (Wildman–Crippen MR) is 106 cm³/mol. The van der Waals surface area contributed by atoms with Gasteiger partial charge in [0.1, 0.15) is 5.75 Å². The Bertz CT molecular complexity index is 1190. The van der Waals surface area contributed by atoms with Crippen molar-refractivity contribution in [1.82, 2.24) is 4.83 Å². The maximum atomic E-state index is 12.3. The molecule has 0 saturated heterocycles. The van der Waals surface area contributed by atoms with Crippen molar-refractivity contribution in [2.75, 3.05) is 7.11 Å². The molecule has 9 heteroatoms. The fourth-order valence-electron chi connectivity index (χ4n) is 2.63. The lowest BCUT2D eigenvalue weighted by Gasteiger charge is -2.05. The zero-order valence-electron chi connectivity index (χ0n) is 15.1. The zero-order valence-corrected chi connectivity index (χ0v) is 15.9. The number of nitrogens with one attached hydrogen (secondary N) is 1. The average Bonchev–Trinajstić information content (AvgIpc) is 2.67. The third-order valence-electron chi connectivity index (χ3n) is 4.15. The second-order valence-corrected chi connectivity index (χ2v) is 7.69. The van der Waals surface area contributed by atoms with Crippen molar-refractivity contribution in [3.05, 3.63) is 75.8 Å². The first kappa shape index (κ1) is 19.3. The second kappa shape index (κ2) is 7.65. The monoisotopic (exact) mass is 399 g/mol. The van der Waals surface area contributed by atoms with E-state index in [1.165, 1.54) is 25.3 Å². The van der Waals surface area contributed by atoms with Crippen molar-refractivity contribution in [3.8, 4) is 5.75 Å². The lowest BCUT2D eigenvalue weighted by Crippen LogP contribution is -2.18. The summed E-state index contributed by atoms with van der Waals surface area (Å²) in [6.45, 7) is 1.54. The molecule has 0 spiro atoms. The summed E-state index contributed by atoms with van der Waals surface area (Å²) in [5, 5.41) is 16.7. The molecule has 3 aromatic carbocycles. The van der Waals surface area contributed by atoms with Crippen LogP contribution in [0.4, 0.5) is 5.69 Å². The number of fused-ring (bicyclic) bond motifs is 1. The molecule has 0 heterocycles. The van der Waals surface area contributed by atoms with Crippen LogP contribution in [-0.2, 0) is 10.0 Å². The van der Waals surface area contributed by atoms with E-state index in [1.54, 1.807) is 13.2 Å². The Morgan fingerprint density at radius 1 is 1.07 bits per heavy atom. The number of methoxy groups -OCH3 is 1. The smallest absolute Gasteiger partial charge is 0.276 e. The van der Waals surface area contributed by atoms with Gasteiger partial charge in [0.15, 0.2) is 0 Å². The van der Waals surface area contributed by atoms with Gasteiger partial charge in [-0.2, -0.15) is 13.5 Å². The number of ether oxygens (including phenoxy) is 1. The molecule has 1 N–H and O–H groups in total. The van der Waals surface area contributed by atoms with Gasteiger partial charge in [-0.25, -0.2) is 4.83 Å². The van der Waals surface area contributed by atoms with Crippen LogP contribution in [0, 0.1) is 17.0 Å². The minimum atomic E-state index is -4.02. The zero-order chi connectivity index (χ0) is 20.3. The van der Waals surface area contributed by atoms with E-state index in [0.717, 1.165) is 22.6 Å². The van der Waals surface area contributed by atoms with Crippen LogP contribution in [-0.4, -0.2) is 26.7 Å². The van der Waals surface area contributed by atoms with Crippen LogP contribution < -0.4 is 9.57 Å². The highest BCUT2D eigenvalue weighted by atomic mass is 32.2. The van der Waals surface area contributed by atoms with E-state index < -0.39 is 14.9 Å². The predicted octanol–water partition coefficient (Wildman–Crippen LogP) is 3.38. The quantitative estimate of drug-likeness (QED) is 0.388. The molecule has 0 aliphatic heterocycles. The number of benzene rings is 3. The van der Waals surface area contributed by atoms with E-state index in [2.05, 4.69) is 9.93 Å². The maximum Gasteiger partial charge on any atom is 0.276 e. The molecule has 3 aromatic rings. The van der Waals surface area contributed by atoms with Crippen molar-refractivity contribution < 1.29 is 18.1 Å². The molecule has 0 fully saturated rings. The van der Waals surface area contributed by atoms with E-state index in [0.29, 0.717) is 11.1 Å². The molecule has 0 radical (unpaired) electrons. The van der Waals surface area contributed by atoms with E-state index in [4.69, 9.17) is 4.74 Å². The fourth-order valence-corrected chi connectivity index (χ4v) is 3.44. The summed E-state index contributed by atoms with van der Waals surface area (Å²) in [7, 11) is -2.43. The molecule has 8 nitrogen and oxygen atoms in total. The first-order chi connectivity index (χ1) is 13.3. The molecular formula is C19H17N3O5S. The highest BCUT2D eigenvalue weighted by Crippen LogP contribution is 2.23. The van der Waals surface area contributed by atoms with Gasteiger partial charge in [0.2, 0.25) is 0 Å². The molecule has 0 saturated carbocycles. The van der Waals surface area contributed by atoms with Crippen LogP contribution >= 0.6 is 0 Å². The third kappa shape index (κ3) is 4.09. The van der Waals surface area contributed by atoms with Gasteiger partial charge < -0.3 is 4.74 Å². The van der Waals surface area contributed by atoms with Crippen molar-refractivity contribution >= 4 is 32.7 Å². The van der Waals surface area contributed by atoms with Gasteiger partial charge in [0, 0.05) is 11.6 Å². The second-order valence-electron chi connectivity index (χ2n) is 6.03. The molecule has 144 valence electrons. The number of hydrazone groups is 1. The first-order valence-corrected chi connectivity index (χ1v) is 9.66. The molecular weight excluding hydrogens is 382 g/mol. The van der Waals surface area contributed by atoms with Crippen LogP contribution in [0.15, 0.2) is 64.6 Å². The standard InChI is InChI=1S/C19H17N3O5S/c1-13-3-8-18(11-19(13)22(23)24)28(25,26)21-20-12-14-4-5-16-10-17(27-2)7-6-15(16)9-14/h3-12,21H,1-2H3/b20-12-. The van der Waals surface area contributed by atoms with Crippen molar-refractivity contribution in [2.45, 2.75) is 11.8 Å². The number of sulfonamides is 1. The van der Waals surface area contributed by atoms with Gasteiger partial charge in [-0.1, -0.05) is 24.3 Å². The molecule has 0 bridgehead atoms. The Kier molecular flexibility index (Phi) is 5.27. The normalized spacial score (nSPS) is 11.6. The van der Waals surface area contributed by atoms with Crippen LogP contribution in [0.25, 0.3) is 10.8 Å². The van der Waals surface area contributed by atoms with Gasteiger partial charge in [-0.15, -0.1) is 0 Å². The molecule has 0 aliphatic rings. The van der Waals surface area contributed by atoms with Crippen molar-refractivity contribution in [2.24, 2.45) is 5.10 Å².